The summed E-state index contributed by atoms with van der Waals surface area (Å²) in [6.07, 6.45) is 0. The lowest BCUT2D eigenvalue weighted by molar-refractivity contribution is -0.0498. The van der Waals surface area contributed by atoms with E-state index in [1.807, 2.05) is 0 Å². The summed E-state index contributed by atoms with van der Waals surface area (Å²) in [5.41, 5.74) is -0.350. The maximum atomic E-state index is 11.9. The Labute approximate surface area is 93.2 Å². The number of halogens is 4. The molecule has 1 rings (SSSR count). The molecule has 1 aromatic carbocycles. The van der Waals surface area contributed by atoms with Crippen molar-refractivity contribution >= 4 is 29.2 Å². The van der Waals surface area contributed by atoms with Crippen LogP contribution in [0.2, 0.25) is 10.0 Å². The molecule has 0 amide bonds. The summed E-state index contributed by atoms with van der Waals surface area (Å²) in [5.74, 6) is -1.77. The third-order valence-electron chi connectivity index (χ3n) is 1.47. The maximum Gasteiger partial charge on any atom is 0.387 e. The van der Waals surface area contributed by atoms with Gasteiger partial charge in [-0.25, -0.2) is 4.79 Å². The second-order valence-corrected chi connectivity index (χ2v) is 3.26. The Morgan fingerprint density at radius 2 is 1.93 bits per heavy atom. The molecule has 0 atom stereocenters. The van der Waals surface area contributed by atoms with Gasteiger partial charge in [0.1, 0.15) is 5.75 Å². The van der Waals surface area contributed by atoms with Crippen molar-refractivity contribution in [3.63, 3.8) is 0 Å². The summed E-state index contributed by atoms with van der Waals surface area (Å²) in [5, 5.41) is 8.32. The first-order chi connectivity index (χ1) is 6.91. The molecule has 3 nitrogen and oxygen atoms in total. The number of ether oxygens (including phenoxy) is 1. The lowest BCUT2D eigenvalue weighted by atomic mass is 10.2. The van der Waals surface area contributed by atoms with E-state index >= 15 is 0 Å². The first-order valence-corrected chi connectivity index (χ1v) is 4.34. The van der Waals surface area contributed by atoms with Gasteiger partial charge in [0, 0.05) is 0 Å². The number of carboxylic acid groups (broad SMARTS) is 1. The fourth-order valence-corrected chi connectivity index (χ4v) is 1.39. The Kier molecular flexibility index (Phi) is 3.71. The van der Waals surface area contributed by atoms with Crippen molar-refractivity contribution in [1.82, 2.24) is 0 Å². The van der Waals surface area contributed by atoms with E-state index in [4.69, 9.17) is 28.3 Å². The highest BCUT2D eigenvalue weighted by molar-refractivity contribution is 6.37. The predicted octanol–water partition coefficient (Wildman–Crippen LogP) is 3.29. The van der Waals surface area contributed by atoms with Crippen LogP contribution in [0.5, 0.6) is 5.75 Å². The molecule has 0 saturated carbocycles. The Morgan fingerprint density at radius 3 is 2.40 bits per heavy atom. The van der Waals surface area contributed by atoms with Gasteiger partial charge in [-0.05, 0) is 12.1 Å². The summed E-state index contributed by atoms with van der Waals surface area (Å²) in [4.78, 5) is 10.6. The number of benzene rings is 1. The maximum absolute atomic E-state index is 11.9. The lowest BCUT2D eigenvalue weighted by Gasteiger charge is -2.08. The van der Waals surface area contributed by atoms with Crippen molar-refractivity contribution in [2.75, 3.05) is 0 Å². The van der Waals surface area contributed by atoms with Crippen molar-refractivity contribution in [1.29, 1.82) is 0 Å². The molecule has 7 heteroatoms. The monoisotopic (exact) mass is 256 g/mol. The summed E-state index contributed by atoms with van der Waals surface area (Å²) in [6, 6.07) is 1.88. The molecule has 0 aliphatic rings. The number of hydrogen-bond donors (Lipinski definition) is 1. The molecule has 15 heavy (non-hydrogen) atoms. The third-order valence-corrected chi connectivity index (χ3v) is 2.08. The van der Waals surface area contributed by atoms with Gasteiger partial charge in [-0.1, -0.05) is 23.2 Å². The van der Waals surface area contributed by atoms with Gasteiger partial charge in [-0.3, -0.25) is 0 Å². The van der Waals surface area contributed by atoms with Crippen molar-refractivity contribution in [2.45, 2.75) is 6.61 Å². The molecule has 0 fully saturated rings. The lowest BCUT2D eigenvalue weighted by Crippen LogP contribution is -2.05. The van der Waals surface area contributed by atoms with Crippen LogP contribution >= 0.6 is 23.2 Å². The highest BCUT2D eigenvalue weighted by atomic mass is 35.5. The van der Waals surface area contributed by atoms with Crippen molar-refractivity contribution < 1.29 is 23.4 Å². The van der Waals surface area contributed by atoms with Crippen molar-refractivity contribution in [3.8, 4) is 5.75 Å². The molecule has 0 spiro atoms. The Morgan fingerprint density at radius 1 is 1.33 bits per heavy atom. The molecular weight excluding hydrogens is 253 g/mol. The highest BCUT2D eigenvalue weighted by Crippen LogP contribution is 2.32. The van der Waals surface area contributed by atoms with Gasteiger partial charge in [0.05, 0.1) is 15.6 Å². The van der Waals surface area contributed by atoms with Crippen LogP contribution in [0.1, 0.15) is 10.4 Å². The van der Waals surface area contributed by atoms with Crippen LogP contribution < -0.4 is 4.74 Å². The van der Waals surface area contributed by atoms with E-state index in [1.54, 1.807) is 0 Å². The minimum absolute atomic E-state index is 0.144. The van der Waals surface area contributed by atoms with E-state index in [-0.39, 0.29) is 15.6 Å². The number of rotatable bonds is 3. The molecule has 0 unspecified atom stereocenters. The first kappa shape index (κ1) is 12.0. The van der Waals surface area contributed by atoms with E-state index < -0.39 is 18.3 Å². The molecule has 0 aliphatic carbocycles. The number of carbonyl (C=O) groups is 1. The van der Waals surface area contributed by atoms with Crippen LogP contribution in [0.4, 0.5) is 8.78 Å². The minimum atomic E-state index is -3.08. The normalized spacial score (nSPS) is 10.5. The molecule has 1 aromatic rings. The molecule has 0 saturated heterocycles. The molecule has 82 valence electrons. The third kappa shape index (κ3) is 2.94. The minimum Gasteiger partial charge on any atom is -0.478 e. The molecule has 1 N–H and O–H groups in total. The summed E-state index contributed by atoms with van der Waals surface area (Å²) in [7, 11) is 0. The van der Waals surface area contributed by atoms with Crippen LogP contribution in [-0.4, -0.2) is 17.7 Å². The van der Waals surface area contributed by atoms with E-state index in [1.165, 1.54) is 0 Å². The zero-order valence-electron chi connectivity index (χ0n) is 7.01. The number of alkyl halides is 2. The zero-order valence-corrected chi connectivity index (χ0v) is 8.52. The smallest absolute Gasteiger partial charge is 0.387 e. The van der Waals surface area contributed by atoms with Crippen LogP contribution in [0, 0.1) is 0 Å². The molecule has 0 bridgehead atoms. The van der Waals surface area contributed by atoms with Gasteiger partial charge in [-0.2, -0.15) is 8.78 Å². The van der Waals surface area contributed by atoms with E-state index in [0.717, 1.165) is 12.1 Å². The first-order valence-electron chi connectivity index (χ1n) is 3.59. The van der Waals surface area contributed by atoms with Gasteiger partial charge < -0.3 is 9.84 Å². The summed E-state index contributed by atoms with van der Waals surface area (Å²) in [6.45, 7) is -3.08. The largest absolute Gasteiger partial charge is 0.478 e. The van der Waals surface area contributed by atoms with Gasteiger partial charge in [-0.15, -0.1) is 0 Å². The van der Waals surface area contributed by atoms with E-state index in [2.05, 4.69) is 4.74 Å². The van der Waals surface area contributed by atoms with Crippen molar-refractivity contribution in [2.24, 2.45) is 0 Å². The second kappa shape index (κ2) is 4.63. The van der Waals surface area contributed by atoms with Crippen LogP contribution in [-0.2, 0) is 0 Å². The second-order valence-electron chi connectivity index (χ2n) is 2.45. The number of aromatic carboxylic acids is 1. The number of carboxylic acids is 1. The fraction of sp³-hybridized carbons (Fsp3) is 0.125. The fourth-order valence-electron chi connectivity index (χ4n) is 0.879. The average molecular weight is 257 g/mol. The van der Waals surface area contributed by atoms with Crippen LogP contribution in [0.3, 0.4) is 0 Å². The average Bonchev–Trinajstić information content (AvgIpc) is 2.08. The predicted molar refractivity (Wildman–Crippen MR) is 50.1 cm³/mol. The zero-order chi connectivity index (χ0) is 11.6. The topological polar surface area (TPSA) is 46.5 Å². The summed E-state index contributed by atoms with van der Waals surface area (Å²) < 4.78 is 27.7. The van der Waals surface area contributed by atoms with Gasteiger partial charge in [0.15, 0.2) is 0 Å². The van der Waals surface area contributed by atoms with Gasteiger partial charge in [0.25, 0.3) is 0 Å². The van der Waals surface area contributed by atoms with Gasteiger partial charge in [0.2, 0.25) is 0 Å². The Balaban J connectivity index is 3.17. The highest BCUT2D eigenvalue weighted by Gasteiger charge is 2.16. The standard InChI is InChI=1S/C8H4Cl2F2O3/c9-4-2-5(10)6(15-8(11)12)1-3(4)7(13)14/h1-2,8H,(H,13,14). The quantitative estimate of drug-likeness (QED) is 0.903. The van der Waals surface area contributed by atoms with E-state index in [0.29, 0.717) is 0 Å². The number of hydrogen-bond acceptors (Lipinski definition) is 2. The van der Waals surface area contributed by atoms with E-state index in [9.17, 15) is 13.6 Å². The Bertz CT molecular complexity index is 396. The molecule has 0 heterocycles. The molecule has 0 aliphatic heterocycles. The molecular formula is C8H4Cl2F2O3. The van der Waals surface area contributed by atoms with Crippen LogP contribution in [0.25, 0.3) is 0 Å². The van der Waals surface area contributed by atoms with Crippen LogP contribution in [0.15, 0.2) is 12.1 Å². The SMILES string of the molecule is O=C(O)c1cc(OC(F)F)c(Cl)cc1Cl. The Hall–Kier alpha value is -1.07. The molecule has 0 radical (unpaired) electrons. The van der Waals surface area contributed by atoms with Crippen molar-refractivity contribution in [3.05, 3.63) is 27.7 Å². The summed E-state index contributed by atoms with van der Waals surface area (Å²) >= 11 is 11.0. The van der Waals surface area contributed by atoms with Gasteiger partial charge >= 0.3 is 12.6 Å². The molecule has 0 aromatic heterocycles.